The number of nitrogens with one attached hydrogen (secondary N) is 2. The number of aryl methyl sites for hydroxylation is 2. The molecular formula is C16H19N5O3S. The van der Waals surface area contributed by atoms with Crippen molar-refractivity contribution in [2.45, 2.75) is 44.1 Å². The lowest BCUT2D eigenvalue weighted by atomic mass is 10.1. The molecular weight excluding hydrogens is 342 g/mol. The van der Waals surface area contributed by atoms with E-state index in [1.54, 1.807) is 25.7 Å². The molecule has 3 rings (SSSR count). The van der Waals surface area contributed by atoms with E-state index in [1.807, 2.05) is 0 Å². The van der Waals surface area contributed by atoms with Crippen molar-refractivity contribution < 1.29 is 4.79 Å². The van der Waals surface area contributed by atoms with E-state index >= 15 is 0 Å². The van der Waals surface area contributed by atoms with Crippen molar-refractivity contribution in [1.82, 2.24) is 24.8 Å². The summed E-state index contributed by atoms with van der Waals surface area (Å²) < 4.78 is 0. The molecule has 0 fully saturated rings. The predicted octanol–water partition coefficient (Wildman–Crippen LogP) is 0.536. The van der Waals surface area contributed by atoms with E-state index < -0.39 is 5.25 Å². The van der Waals surface area contributed by atoms with Gasteiger partial charge in [-0.1, -0.05) is 11.8 Å². The van der Waals surface area contributed by atoms with Crippen LogP contribution in [0.3, 0.4) is 0 Å². The Kier molecular flexibility index (Phi) is 4.76. The molecule has 0 bridgehead atoms. The van der Waals surface area contributed by atoms with E-state index in [0.29, 0.717) is 47.4 Å². The van der Waals surface area contributed by atoms with Crippen molar-refractivity contribution in [1.29, 1.82) is 0 Å². The van der Waals surface area contributed by atoms with Crippen LogP contribution < -0.4 is 11.1 Å². The molecule has 0 aromatic carbocycles. The number of fused-ring (bicyclic) bond motifs is 1. The number of carbonyl (C=O) groups is 1. The van der Waals surface area contributed by atoms with Gasteiger partial charge >= 0.3 is 0 Å². The molecule has 2 aromatic heterocycles. The molecule has 9 heteroatoms. The first-order valence-corrected chi connectivity index (χ1v) is 8.83. The molecule has 1 atom stereocenters. The Morgan fingerprint density at radius 3 is 2.76 bits per heavy atom. The topological polar surface area (TPSA) is 112 Å². The van der Waals surface area contributed by atoms with Crippen LogP contribution in [-0.4, -0.2) is 42.5 Å². The Morgan fingerprint density at radius 2 is 2.04 bits per heavy atom. The number of amides is 1. The van der Waals surface area contributed by atoms with Gasteiger partial charge in [-0.15, -0.1) is 0 Å². The standard InChI is InChI=1S/C16H19N5O3S/c1-8-6-13(22)20-16(17-8)25-9(2)15(24)21-5-4-11-12(7-21)18-10(3)19-14(11)23/h6,9H,4-5,7H2,1-3H3,(H,17,20,22)(H,18,19,23)/t9-/m1/s1. The van der Waals surface area contributed by atoms with Crippen LogP contribution in [0.15, 0.2) is 20.8 Å². The van der Waals surface area contributed by atoms with E-state index in [0.717, 1.165) is 0 Å². The Bertz CT molecular complexity index is 936. The fraction of sp³-hybridized carbons (Fsp3) is 0.438. The minimum absolute atomic E-state index is 0.0699. The van der Waals surface area contributed by atoms with E-state index in [1.165, 1.54) is 17.8 Å². The highest BCUT2D eigenvalue weighted by atomic mass is 32.2. The molecule has 0 radical (unpaired) electrons. The molecule has 132 valence electrons. The van der Waals surface area contributed by atoms with Gasteiger partial charge in [0.25, 0.3) is 11.1 Å². The van der Waals surface area contributed by atoms with Gasteiger partial charge in [-0.05, 0) is 27.2 Å². The zero-order chi connectivity index (χ0) is 18.1. The number of carbonyl (C=O) groups excluding carboxylic acids is 1. The molecule has 0 saturated carbocycles. The molecule has 2 aromatic rings. The van der Waals surface area contributed by atoms with Crippen LogP contribution in [0.2, 0.25) is 0 Å². The fourth-order valence-corrected chi connectivity index (χ4v) is 3.78. The highest BCUT2D eigenvalue weighted by molar-refractivity contribution is 8.00. The van der Waals surface area contributed by atoms with Gasteiger partial charge in [-0.3, -0.25) is 14.4 Å². The number of H-pyrrole nitrogens is 2. The van der Waals surface area contributed by atoms with Gasteiger partial charge in [0.1, 0.15) is 5.82 Å². The van der Waals surface area contributed by atoms with Crippen LogP contribution in [0.25, 0.3) is 0 Å². The van der Waals surface area contributed by atoms with E-state index in [9.17, 15) is 14.4 Å². The number of thioether (sulfide) groups is 1. The highest BCUT2D eigenvalue weighted by Gasteiger charge is 2.28. The molecule has 2 N–H and O–H groups in total. The van der Waals surface area contributed by atoms with Gasteiger partial charge in [0, 0.05) is 23.9 Å². The molecule has 0 spiro atoms. The fourth-order valence-electron chi connectivity index (χ4n) is 2.83. The number of rotatable bonds is 3. The predicted molar refractivity (Wildman–Crippen MR) is 93.6 cm³/mol. The maximum absolute atomic E-state index is 12.7. The lowest BCUT2D eigenvalue weighted by Crippen LogP contribution is -2.42. The molecule has 1 aliphatic rings. The van der Waals surface area contributed by atoms with Crippen molar-refractivity contribution in [2.75, 3.05) is 6.54 Å². The molecule has 0 aliphatic carbocycles. The van der Waals surface area contributed by atoms with E-state index in [-0.39, 0.29) is 17.0 Å². The van der Waals surface area contributed by atoms with Gasteiger partial charge < -0.3 is 14.9 Å². The minimum Gasteiger partial charge on any atom is -0.335 e. The summed E-state index contributed by atoms with van der Waals surface area (Å²) in [6, 6.07) is 1.41. The molecule has 25 heavy (non-hydrogen) atoms. The first kappa shape index (κ1) is 17.4. The lowest BCUT2D eigenvalue weighted by Gasteiger charge is -2.29. The van der Waals surface area contributed by atoms with Crippen LogP contribution in [-0.2, 0) is 17.8 Å². The Hall–Kier alpha value is -2.42. The number of aromatic amines is 2. The maximum atomic E-state index is 12.7. The normalized spacial score (nSPS) is 14.9. The molecule has 3 heterocycles. The summed E-state index contributed by atoms with van der Waals surface area (Å²) in [4.78, 5) is 51.8. The van der Waals surface area contributed by atoms with Gasteiger partial charge in [0.05, 0.1) is 17.5 Å². The Balaban J connectivity index is 1.74. The number of hydrogen-bond acceptors (Lipinski definition) is 6. The summed E-state index contributed by atoms with van der Waals surface area (Å²) >= 11 is 1.22. The average Bonchev–Trinajstić information content (AvgIpc) is 2.52. The van der Waals surface area contributed by atoms with Crippen molar-refractivity contribution in [2.24, 2.45) is 0 Å². The Labute approximate surface area is 148 Å². The third-order valence-corrected chi connectivity index (χ3v) is 4.96. The quantitative estimate of drug-likeness (QED) is 0.609. The van der Waals surface area contributed by atoms with Crippen LogP contribution in [0.4, 0.5) is 0 Å². The smallest absolute Gasteiger partial charge is 0.254 e. The zero-order valence-electron chi connectivity index (χ0n) is 14.3. The molecule has 8 nitrogen and oxygen atoms in total. The SMILES string of the molecule is Cc1cc(=O)[nH]c(S[C@H](C)C(=O)N2CCc3c(nc(C)[nH]c3=O)C2)n1. The van der Waals surface area contributed by atoms with Gasteiger partial charge in [-0.2, -0.15) is 0 Å². The second-order valence-electron chi connectivity index (χ2n) is 6.04. The third-order valence-electron chi connectivity index (χ3n) is 3.99. The zero-order valence-corrected chi connectivity index (χ0v) is 15.1. The molecule has 1 amide bonds. The summed E-state index contributed by atoms with van der Waals surface area (Å²) in [5.41, 5.74) is 1.55. The first-order chi connectivity index (χ1) is 11.8. The highest BCUT2D eigenvalue weighted by Crippen LogP contribution is 2.23. The van der Waals surface area contributed by atoms with Crippen molar-refractivity contribution in [3.63, 3.8) is 0 Å². The van der Waals surface area contributed by atoms with Crippen molar-refractivity contribution >= 4 is 17.7 Å². The maximum Gasteiger partial charge on any atom is 0.254 e. The number of aromatic nitrogens is 4. The number of hydrogen-bond donors (Lipinski definition) is 2. The van der Waals surface area contributed by atoms with Crippen LogP contribution in [0.5, 0.6) is 0 Å². The van der Waals surface area contributed by atoms with Crippen molar-refractivity contribution in [3.05, 3.63) is 49.5 Å². The van der Waals surface area contributed by atoms with Crippen LogP contribution in [0.1, 0.15) is 29.7 Å². The number of nitrogens with zero attached hydrogens (tertiary/aromatic N) is 3. The summed E-state index contributed by atoms with van der Waals surface area (Å²) in [5, 5.41) is 0.0169. The Morgan fingerprint density at radius 1 is 1.28 bits per heavy atom. The summed E-state index contributed by atoms with van der Waals surface area (Å²) in [6.45, 7) is 6.03. The molecule has 1 aliphatic heterocycles. The average molecular weight is 361 g/mol. The van der Waals surface area contributed by atoms with Gasteiger partial charge in [-0.25, -0.2) is 9.97 Å². The van der Waals surface area contributed by atoms with Crippen LogP contribution >= 0.6 is 11.8 Å². The van der Waals surface area contributed by atoms with E-state index in [4.69, 9.17) is 0 Å². The van der Waals surface area contributed by atoms with Crippen molar-refractivity contribution in [3.8, 4) is 0 Å². The van der Waals surface area contributed by atoms with E-state index in [2.05, 4.69) is 19.9 Å². The van der Waals surface area contributed by atoms with Gasteiger partial charge in [0.15, 0.2) is 5.16 Å². The third kappa shape index (κ3) is 3.81. The second-order valence-corrected chi connectivity index (χ2v) is 7.37. The molecule has 0 unspecified atom stereocenters. The molecule has 0 saturated heterocycles. The summed E-state index contributed by atoms with van der Waals surface area (Å²) in [5.74, 6) is 0.474. The second kappa shape index (κ2) is 6.83. The van der Waals surface area contributed by atoms with Gasteiger partial charge in [0.2, 0.25) is 5.91 Å². The minimum atomic E-state index is -0.408. The summed E-state index contributed by atoms with van der Waals surface area (Å²) in [7, 11) is 0. The lowest BCUT2D eigenvalue weighted by molar-refractivity contribution is -0.131. The summed E-state index contributed by atoms with van der Waals surface area (Å²) in [6.07, 6.45) is 0.487. The largest absolute Gasteiger partial charge is 0.335 e. The first-order valence-electron chi connectivity index (χ1n) is 7.95. The van der Waals surface area contributed by atoms with Crippen LogP contribution in [0, 0.1) is 13.8 Å². The monoisotopic (exact) mass is 361 g/mol.